The fraction of sp³-hybridized carbons (Fsp3) is 0.294. The molecule has 0 unspecified atom stereocenters. The van der Waals surface area contributed by atoms with Crippen LogP contribution in [-0.4, -0.2) is 49.0 Å². The van der Waals surface area contributed by atoms with E-state index in [0.717, 1.165) is 11.2 Å². The zero-order valence-electron chi connectivity index (χ0n) is 14.0. The van der Waals surface area contributed by atoms with Crippen LogP contribution in [0.25, 0.3) is 5.52 Å². The minimum absolute atomic E-state index is 0.00145. The molecule has 0 saturated carbocycles. The van der Waals surface area contributed by atoms with E-state index < -0.39 is 0 Å². The van der Waals surface area contributed by atoms with Crippen LogP contribution < -0.4 is 5.32 Å². The van der Waals surface area contributed by atoms with Crippen molar-refractivity contribution in [1.82, 2.24) is 29.4 Å². The van der Waals surface area contributed by atoms with Gasteiger partial charge in [-0.25, -0.2) is 4.98 Å². The summed E-state index contributed by atoms with van der Waals surface area (Å²) in [6, 6.07) is 4.93. The van der Waals surface area contributed by atoms with Crippen molar-refractivity contribution in [2.24, 2.45) is 7.05 Å². The molecular weight excluding hydrogens is 320 g/mol. The van der Waals surface area contributed by atoms with Gasteiger partial charge in [0, 0.05) is 32.9 Å². The molecule has 128 valence electrons. The Morgan fingerprint density at radius 2 is 2.12 bits per heavy atom. The maximum Gasteiger partial charge on any atom is 0.253 e. The summed E-state index contributed by atoms with van der Waals surface area (Å²) in [5.74, 6) is -0.211. The third-order valence-electron chi connectivity index (χ3n) is 4.73. The molecule has 1 N–H and O–H groups in total. The second-order valence-electron chi connectivity index (χ2n) is 6.26. The Morgan fingerprint density at radius 3 is 2.88 bits per heavy atom. The normalized spacial score (nSPS) is 20.4. The molecule has 4 heterocycles. The number of pyridine rings is 1. The third kappa shape index (κ3) is 2.55. The van der Waals surface area contributed by atoms with Gasteiger partial charge < -0.3 is 14.6 Å². The standard InChI is InChI=1S/C17H18N6O2/c1-21-15(24)7-13(16(21)14-5-6-19-22(14)2)20-17(25)11-3-4-12-8-18-10-23(12)9-11/h3-6,8-10,13,16H,7H2,1-2H3,(H,20,25)/t13-,16-/m1/s1. The number of rotatable bonds is 3. The highest BCUT2D eigenvalue weighted by atomic mass is 16.2. The summed E-state index contributed by atoms with van der Waals surface area (Å²) in [6.07, 6.45) is 7.07. The summed E-state index contributed by atoms with van der Waals surface area (Å²) in [5.41, 5.74) is 2.33. The monoisotopic (exact) mass is 338 g/mol. The molecule has 0 aliphatic carbocycles. The van der Waals surface area contributed by atoms with Crippen LogP contribution in [-0.2, 0) is 11.8 Å². The summed E-state index contributed by atoms with van der Waals surface area (Å²) in [7, 11) is 3.58. The molecule has 0 radical (unpaired) electrons. The number of likely N-dealkylation sites (N-methyl/N-ethyl adjacent to an activating group) is 1. The van der Waals surface area contributed by atoms with E-state index in [4.69, 9.17) is 0 Å². The zero-order valence-corrected chi connectivity index (χ0v) is 14.0. The highest BCUT2D eigenvalue weighted by molar-refractivity contribution is 5.95. The molecule has 0 aromatic carbocycles. The van der Waals surface area contributed by atoms with Gasteiger partial charge in [0.05, 0.1) is 41.4 Å². The van der Waals surface area contributed by atoms with Crippen LogP contribution in [0.4, 0.5) is 0 Å². The fourth-order valence-electron chi connectivity index (χ4n) is 3.38. The maximum absolute atomic E-state index is 12.7. The predicted molar refractivity (Wildman–Crippen MR) is 89.8 cm³/mol. The lowest BCUT2D eigenvalue weighted by Gasteiger charge is -2.25. The number of amides is 2. The summed E-state index contributed by atoms with van der Waals surface area (Å²) in [4.78, 5) is 30.6. The molecule has 8 heteroatoms. The number of imidazole rings is 1. The molecule has 25 heavy (non-hydrogen) atoms. The van der Waals surface area contributed by atoms with E-state index in [2.05, 4.69) is 15.4 Å². The van der Waals surface area contributed by atoms with E-state index in [1.54, 1.807) is 52.0 Å². The lowest BCUT2D eigenvalue weighted by atomic mass is 10.1. The van der Waals surface area contributed by atoms with Crippen LogP contribution in [0.5, 0.6) is 0 Å². The van der Waals surface area contributed by atoms with Gasteiger partial charge >= 0.3 is 0 Å². The topological polar surface area (TPSA) is 84.5 Å². The number of carbonyl (C=O) groups is 2. The van der Waals surface area contributed by atoms with Crippen LogP contribution in [0.3, 0.4) is 0 Å². The van der Waals surface area contributed by atoms with Crippen molar-refractivity contribution >= 4 is 17.3 Å². The van der Waals surface area contributed by atoms with Gasteiger partial charge in [0.15, 0.2) is 0 Å². The summed E-state index contributed by atoms with van der Waals surface area (Å²) < 4.78 is 3.52. The number of hydrogen-bond acceptors (Lipinski definition) is 4. The van der Waals surface area contributed by atoms with E-state index >= 15 is 0 Å². The smallest absolute Gasteiger partial charge is 0.253 e. The Labute approximate surface area is 144 Å². The molecular formula is C17H18N6O2. The van der Waals surface area contributed by atoms with E-state index in [9.17, 15) is 9.59 Å². The minimum Gasteiger partial charge on any atom is -0.346 e. The van der Waals surface area contributed by atoms with E-state index in [1.165, 1.54) is 0 Å². The van der Waals surface area contributed by atoms with Crippen LogP contribution in [0.1, 0.15) is 28.5 Å². The molecule has 1 aliphatic heterocycles. The van der Waals surface area contributed by atoms with Crippen molar-refractivity contribution in [2.45, 2.75) is 18.5 Å². The first kappa shape index (κ1) is 15.4. The quantitative estimate of drug-likeness (QED) is 0.764. The van der Waals surface area contributed by atoms with Crippen LogP contribution in [0, 0.1) is 0 Å². The van der Waals surface area contributed by atoms with Gasteiger partial charge in [-0.05, 0) is 18.2 Å². The molecule has 8 nitrogen and oxygen atoms in total. The highest BCUT2D eigenvalue weighted by Gasteiger charge is 2.40. The van der Waals surface area contributed by atoms with Crippen LogP contribution >= 0.6 is 0 Å². The van der Waals surface area contributed by atoms with Crippen molar-refractivity contribution < 1.29 is 9.59 Å². The van der Waals surface area contributed by atoms with Crippen LogP contribution in [0.2, 0.25) is 0 Å². The van der Waals surface area contributed by atoms with E-state index in [0.29, 0.717) is 5.56 Å². The Bertz CT molecular complexity index is 959. The minimum atomic E-state index is -0.307. The predicted octanol–water partition coefficient (Wildman–Crippen LogP) is 0.770. The number of carbonyl (C=O) groups excluding carboxylic acids is 2. The first-order valence-corrected chi connectivity index (χ1v) is 8.01. The SMILES string of the molecule is CN1C(=O)C[C@@H](NC(=O)c2ccc3cncn3c2)[C@@H]1c1ccnn1C. The summed E-state index contributed by atoms with van der Waals surface area (Å²) >= 11 is 0. The van der Waals surface area contributed by atoms with E-state index in [-0.39, 0.29) is 30.3 Å². The molecule has 1 aliphatic rings. The molecule has 3 aromatic rings. The first-order chi connectivity index (χ1) is 12.0. The molecule has 1 saturated heterocycles. The Balaban J connectivity index is 1.60. The number of nitrogens with zero attached hydrogens (tertiary/aromatic N) is 5. The second-order valence-corrected chi connectivity index (χ2v) is 6.26. The number of likely N-dealkylation sites (tertiary alicyclic amines) is 1. The van der Waals surface area contributed by atoms with Crippen molar-refractivity contribution in [3.05, 3.63) is 54.4 Å². The molecule has 0 spiro atoms. The zero-order chi connectivity index (χ0) is 17.6. The van der Waals surface area contributed by atoms with Gasteiger partial charge in [-0.2, -0.15) is 5.10 Å². The fourth-order valence-corrected chi connectivity index (χ4v) is 3.38. The number of aryl methyl sites for hydroxylation is 1. The molecule has 1 fully saturated rings. The molecule has 0 bridgehead atoms. The average molecular weight is 338 g/mol. The molecule has 3 aromatic heterocycles. The summed E-state index contributed by atoms with van der Waals surface area (Å²) in [6.45, 7) is 0. The third-order valence-corrected chi connectivity index (χ3v) is 4.73. The van der Waals surface area contributed by atoms with Gasteiger partial charge in [0.2, 0.25) is 5.91 Å². The lowest BCUT2D eigenvalue weighted by Crippen LogP contribution is -2.39. The summed E-state index contributed by atoms with van der Waals surface area (Å²) in [5, 5.41) is 7.18. The first-order valence-electron chi connectivity index (χ1n) is 8.01. The largest absolute Gasteiger partial charge is 0.346 e. The Hall–Kier alpha value is -3.16. The van der Waals surface area contributed by atoms with Gasteiger partial charge in [0.1, 0.15) is 0 Å². The molecule has 2 amide bonds. The van der Waals surface area contributed by atoms with Gasteiger partial charge in [-0.1, -0.05) is 0 Å². The van der Waals surface area contributed by atoms with Crippen molar-refractivity contribution in [3.63, 3.8) is 0 Å². The Morgan fingerprint density at radius 1 is 1.28 bits per heavy atom. The number of hydrogen-bond donors (Lipinski definition) is 1. The van der Waals surface area contributed by atoms with Crippen molar-refractivity contribution in [3.8, 4) is 0 Å². The van der Waals surface area contributed by atoms with Gasteiger partial charge in [-0.3, -0.25) is 14.3 Å². The number of fused-ring (bicyclic) bond motifs is 1. The number of nitrogens with one attached hydrogen (secondary N) is 1. The van der Waals surface area contributed by atoms with Crippen molar-refractivity contribution in [1.29, 1.82) is 0 Å². The van der Waals surface area contributed by atoms with Gasteiger partial charge in [0.25, 0.3) is 5.91 Å². The molecule has 4 rings (SSSR count). The van der Waals surface area contributed by atoms with Gasteiger partial charge in [-0.15, -0.1) is 0 Å². The van der Waals surface area contributed by atoms with E-state index in [1.807, 2.05) is 19.2 Å². The number of aromatic nitrogens is 4. The Kier molecular flexibility index (Phi) is 3.52. The average Bonchev–Trinajstić information content (AvgIpc) is 3.28. The molecule has 2 atom stereocenters. The highest BCUT2D eigenvalue weighted by Crippen LogP contribution is 2.31. The van der Waals surface area contributed by atoms with Crippen molar-refractivity contribution in [2.75, 3.05) is 7.05 Å². The van der Waals surface area contributed by atoms with Crippen LogP contribution in [0.15, 0.2) is 43.1 Å². The maximum atomic E-state index is 12.7. The second kappa shape index (κ2) is 5.73. The lowest BCUT2D eigenvalue weighted by molar-refractivity contribution is -0.127.